The molecular weight excluding hydrogens is 258 g/mol. The first-order chi connectivity index (χ1) is 9.74. The van der Waals surface area contributed by atoms with Gasteiger partial charge in [-0.05, 0) is 35.9 Å². The van der Waals surface area contributed by atoms with E-state index >= 15 is 0 Å². The SMILES string of the molecule is O=C(NCC(O)c1ccco1)c1ccc2c(c1)CCO2. The molecule has 0 spiro atoms. The molecule has 1 aromatic heterocycles. The van der Waals surface area contributed by atoms with E-state index < -0.39 is 6.10 Å². The molecule has 1 aliphatic heterocycles. The highest BCUT2D eigenvalue weighted by atomic mass is 16.5. The molecule has 0 fully saturated rings. The van der Waals surface area contributed by atoms with Crippen LogP contribution in [0.25, 0.3) is 0 Å². The van der Waals surface area contributed by atoms with Crippen LogP contribution in [0.3, 0.4) is 0 Å². The zero-order valence-electron chi connectivity index (χ0n) is 10.8. The highest BCUT2D eigenvalue weighted by molar-refractivity contribution is 5.94. The molecule has 0 aliphatic carbocycles. The first-order valence-corrected chi connectivity index (χ1v) is 6.49. The van der Waals surface area contributed by atoms with E-state index in [2.05, 4.69) is 5.32 Å². The summed E-state index contributed by atoms with van der Waals surface area (Å²) in [6, 6.07) is 8.72. The molecule has 2 aromatic rings. The number of hydrogen-bond acceptors (Lipinski definition) is 4. The summed E-state index contributed by atoms with van der Waals surface area (Å²) in [6.45, 7) is 0.775. The van der Waals surface area contributed by atoms with Crippen LogP contribution in [0.5, 0.6) is 5.75 Å². The molecule has 0 saturated carbocycles. The Labute approximate surface area is 116 Å². The van der Waals surface area contributed by atoms with Crippen molar-refractivity contribution in [2.24, 2.45) is 0 Å². The van der Waals surface area contributed by atoms with Crippen LogP contribution in [0, 0.1) is 0 Å². The van der Waals surface area contributed by atoms with Gasteiger partial charge in [0.05, 0.1) is 19.4 Å². The molecule has 1 aromatic carbocycles. The number of amides is 1. The Bertz CT molecular complexity index is 606. The van der Waals surface area contributed by atoms with Crippen molar-refractivity contribution in [3.8, 4) is 5.75 Å². The Hall–Kier alpha value is -2.27. The van der Waals surface area contributed by atoms with Crippen LogP contribution in [-0.4, -0.2) is 24.2 Å². The van der Waals surface area contributed by atoms with Crippen LogP contribution < -0.4 is 10.1 Å². The highest BCUT2D eigenvalue weighted by Crippen LogP contribution is 2.25. The van der Waals surface area contributed by atoms with Crippen LogP contribution in [0.4, 0.5) is 0 Å². The van der Waals surface area contributed by atoms with Crippen molar-refractivity contribution in [1.82, 2.24) is 5.32 Å². The maximum atomic E-state index is 12.0. The standard InChI is InChI=1S/C15H15NO4/c17-12(14-2-1-6-19-14)9-16-15(18)11-3-4-13-10(8-11)5-7-20-13/h1-4,6,8,12,17H,5,7,9H2,(H,16,18). The second kappa shape index (κ2) is 5.38. The lowest BCUT2D eigenvalue weighted by Gasteiger charge is -2.10. The minimum absolute atomic E-state index is 0.111. The fourth-order valence-electron chi connectivity index (χ4n) is 2.20. The summed E-state index contributed by atoms with van der Waals surface area (Å²) >= 11 is 0. The summed E-state index contributed by atoms with van der Waals surface area (Å²) in [5.41, 5.74) is 1.62. The summed E-state index contributed by atoms with van der Waals surface area (Å²) < 4.78 is 10.5. The van der Waals surface area contributed by atoms with Crippen LogP contribution in [-0.2, 0) is 6.42 Å². The molecule has 2 heterocycles. The number of carbonyl (C=O) groups excluding carboxylic acids is 1. The van der Waals surface area contributed by atoms with Crippen molar-refractivity contribution < 1.29 is 19.1 Å². The molecule has 0 radical (unpaired) electrons. The number of aliphatic hydroxyl groups is 1. The van der Waals surface area contributed by atoms with E-state index in [4.69, 9.17) is 9.15 Å². The van der Waals surface area contributed by atoms with Crippen molar-refractivity contribution >= 4 is 5.91 Å². The molecule has 5 heteroatoms. The van der Waals surface area contributed by atoms with E-state index in [-0.39, 0.29) is 12.5 Å². The first-order valence-electron chi connectivity index (χ1n) is 6.49. The number of ether oxygens (including phenoxy) is 1. The van der Waals surface area contributed by atoms with Gasteiger partial charge < -0.3 is 19.6 Å². The van der Waals surface area contributed by atoms with Gasteiger partial charge in [0.2, 0.25) is 0 Å². The Morgan fingerprint density at radius 2 is 2.30 bits per heavy atom. The number of fused-ring (bicyclic) bond motifs is 1. The van der Waals surface area contributed by atoms with Gasteiger partial charge in [-0.15, -0.1) is 0 Å². The first kappa shape index (κ1) is 12.7. The van der Waals surface area contributed by atoms with Crippen molar-refractivity contribution in [2.75, 3.05) is 13.2 Å². The number of furan rings is 1. The van der Waals surface area contributed by atoms with Crippen LogP contribution >= 0.6 is 0 Å². The van der Waals surface area contributed by atoms with Gasteiger partial charge >= 0.3 is 0 Å². The third-order valence-electron chi connectivity index (χ3n) is 3.28. The Kier molecular flexibility index (Phi) is 3.43. The molecule has 0 saturated heterocycles. The second-order valence-corrected chi connectivity index (χ2v) is 4.66. The number of aliphatic hydroxyl groups excluding tert-OH is 1. The molecular formula is C15H15NO4. The van der Waals surface area contributed by atoms with Gasteiger partial charge in [-0.25, -0.2) is 0 Å². The highest BCUT2D eigenvalue weighted by Gasteiger charge is 2.16. The number of carbonyl (C=O) groups is 1. The van der Waals surface area contributed by atoms with Crippen molar-refractivity contribution in [3.63, 3.8) is 0 Å². The van der Waals surface area contributed by atoms with E-state index in [0.29, 0.717) is 17.9 Å². The lowest BCUT2D eigenvalue weighted by molar-refractivity contribution is 0.0901. The Morgan fingerprint density at radius 1 is 1.40 bits per heavy atom. The third kappa shape index (κ3) is 2.53. The Morgan fingerprint density at radius 3 is 3.10 bits per heavy atom. The summed E-state index contributed by atoms with van der Waals surface area (Å²) in [5, 5.41) is 12.5. The average molecular weight is 273 g/mol. The van der Waals surface area contributed by atoms with Crippen molar-refractivity contribution in [1.29, 1.82) is 0 Å². The minimum Gasteiger partial charge on any atom is -0.493 e. The smallest absolute Gasteiger partial charge is 0.251 e. The Balaban J connectivity index is 1.62. The van der Waals surface area contributed by atoms with Gasteiger partial charge in [0, 0.05) is 12.0 Å². The van der Waals surface area contributed by atoms with Gasteiger partial charge in [-0.3, -0.25) is 4.79 Å². The van der Waals surface area contributed by atoms with Gasteiger partial charge in [-0.2, -0.15) is 0 Å². The molecule has 1 aliphatic rings. The van der Waals surface area contributed by atoms with Gasteiger partial charge in [-0.1, -0.05) is 0 Å². The molecule has 3 rings (SSSR count). The van der Waals surface area contributed by atoms with E-state index in [1.165, 1.54) is 6.26 Å². The molecule has 5 nitrogen and oxygen atoms in total. The molecule has 104 valence electrons. The van der Waals surface area contributed by atoms with Gasteiger partial charge in [0.15, 0.2) is 0 Å². The van der Waals surface area contributed by atoms with E-state index in [1.54, 1.807) is 24.3 Å². The van der Waals surface area contributed by atoms with Crippen LogP contribution in [0.2, 0.25) is 0 Å². The zero-order valence-corrected chi connectivity index (χ0v) is 10.8. The topological polar surface area (TPSA) is 71.7 Å². The van der Waals surface area contributed by atoms with E-state index in [1.807, 2.05) is 6.07 Å². The van der Waals surface area contributed by atoms with Gasteiger partial charge in [0.25, 0.3) is 5.91 Å². The lowest BCUT2D eigenvalue weighted by atomic mass is 10.1. The second-order valence-electron chi connectivity index (χ2n) is 4.66. The average Bonchev–Trinajstić information content (AvgIpc) is 3.13. The van der Waals surface area contributed by atoms with Crippen molar-refractivity contribution in [3.05, 3.63) is 53.5 Å². The van der Waals surface area contributed by atoms with Crippen LogP contribution in [0.1, 0.15) is 27.8 Å². The fraction of sp³-hybridized carbons (Fsp3) is 0.267. The molecule has 2 N–H and O–H groups in total. The quantitative estimate of drug-likeness (QED) is 0.889. The fourth-order valence-corrected chi connectivity index (χ4v) is 2.20. The van der Waals surface area contributed by atoms with E-state index in [0.717, 1.165) is 17.7 Å². The minimum atomic E-state index is -0.841. The summed E-state index contributed by atoms with van der Waals surface area (Å²) in [7, 11) is 0. The predicted octanol–water partition coefficient (Wildman–Crippen LogP) is 1.68. The maximum absolute atomic E-state index is 12.0. The van der Waals surface area contributed by atoms with E-state index in [9.17, 15) is 9.90 Å². The molecule has 20 heavy (non-hydrogen) atoms. The lowest BCUT2D eigenvalue weighted by Crippen LogP contribution is -2.28. The molecule has 0 bridgehead atoms. The zero-order chi connectivity index (χ0) is 13.9. The monoisotopic (exact) mass is 273 g/mol. The normalized spacial score (nSPS) is 14.4. The number of rotatable bonds is 4. The molecule has 1 amide bonds. The molecule has 1 unspecified atom stereocenters. The van der Waals surface area contributed by atoms with Crippen molar-refractivity contribution in [2.45, 2.75) is 12.5 Å². The number of benzene rings is 1. The summed E-state index contributed by atoms with van der Waals surface area (Å²) in [6.07, 6.45) is 1.47. The molecule has 1 atom stereocenters. The van der Waals surface area contributed by atoms with Crippen LogP contribution in [0.15, 0.2) is 41.0 Å². The number of nitrogens with one attached hydrogen (secondary N) is 1. The third-order valence-corrected chi connectivity index (χ3v) is 3.28. The largest absolute Gasteiger partial charge is 0.493 e. The summed E-state index contributed by atoms with van der Waals surface area (Å²) in [4.78, 5) is 12.0. The number of hydrogen-bond donors (Lipinski definition) is 2. The van der Waals surface area contributed by atoms with Gasteiger partial charge in [0.1, 0.15) is 17.6 Å². The predicted molar refractivity (Wildman–Crippen MR) is 71.6 cm³/mol. The maximum Gasteiger partial charge on any atom is 0.251 e. The summed E-state index contributed by atoms with van der Waals surface area (Å²) in [5.74, 6) is 1.06.